The van der Waals surface area contributed by atoms with E-state index in [9.17, 15) is 4.79 Å². The molecule has 0 aromatic carbocycles. The molecule has 1 aliphatic carbocycles. The molecule has 0 N–H and O–H groups in total. The summed E-state index contributed by atoms with van der Waals surface area (Å²) in [5.41, 5.74) is 1.00. The highest BCUT2D eigenvalue weighted by atomic mass is 127. The molecule has 0 unspecified atom stereocenters. The molecule has 1 nitrogen and oxygen atoms in total. The Bertz CT molecular complexity index is 126. The molecular formula is C5H5IO. The topological polar surface area (TPSA) is 17.1 Å². The molecule has 1 saturated carbocycles. The lowest BCUT2D eigenvalue weighted by Gasteiger charge is -2.11. The van der Waals surface area contributed by atoms with Gasteiger partial charge in [-0.3, -0.25) is 4.79 Å². The Morgan fingerprint density at radius 1 is 1.57 bits per heavy atom. The van der Waals surface area contributed by atoms with Crippen molar-refractivity contribution in [1.82, 2.24) is 0 Å². The number of rotatable bonds is 0. The average molecular weight is 208 g/mol. The van der Waals surface area contributed by atoms with E-state index in [0.717, 1.165) is 18.4 Å². The summed E-state index contributed by atoms with van der Waals surface area (Å²) in [7, 11) is 0. The minimum atomic E-state index is 0.328. The number of hydrogen-bond donors (Lipinski definition) is 0. The van der Waals surface area contributed by atoms with Crippen molar-refractivity contribution in [2.24, 2.45) is 0 Å². The van der Waals surface area contributed by atoms with Gasteiger partial charge in [0.25, 0.3) is 0 Å². The molecule has 1 fully saturated rings. The third kappa shape index (κ3) is 0.848. The Kier molecular flexibility index (Phi) is 1.46. The Balaban J connectivity index is 2.61. The van der Waals surface area contributed by atoms with Crippen molar-refractivity contribution in [2.75, 3.05) is 0 Å². The molecule has 0 saturated heterocycles. The van der Waals surface area contributed by atoms with E-state index in [1.54, 1.807) is 0 Å². The number of ketones is 1. The number of Topliss-reactive ketones (excluding diaryl/α,β-unsaturated/α-hetero) is 1. The van der Waals surface area contributed by atoms with Crippen molar-refractivity contribution in [2.45, 2.75) is 12.8 Å². The lowest BCUT2D eigenvalue weighted by molar-refractivity contribution is -0.118. The Labute approximate surface area is 55.9 Å². The van der Waals surface area contributed by atoms with Crippen LogP contribution in [0.2, 0.25) is 0 Å². The fraction of sp³-hybridized carbons (Fsp3) is 0.400. The van der Waals surface area contributed by atoms with Gasteiger partial charge in [0.05, 0.1) is 0 Å². The maximum Gasteiger partial charge on any atom is 0.159 e. The summed E-state index contributed by atoms with van der Waals surface area (Å²) in [5, 5.41) is 0. The molecule has 2 heteroatoms. The molecule has 0 aliphatic heterocycles. The second-order valence-electron chi connectivity index (χ2n) is 1.56. The van der Waals surface area contributed by atoms with Crippen LogP contribution < -0.4 is 0 Å². The highest BCUT2D eigenvalue weighted by Crippen LogP contribution is 2.21. The second kappa shape index (κ2) is 1.94. The van der Waals surface area contributed by atoms with E-state index in [4.69, 9.17) is 0 Å². The predicted molar refractivity (Wildman–Crippen MR) is 36.3 cm³/mol. The van der Waals surface area contributed by atoms with Crippen molar-refractivity contribution in [3.63, 3.8) is 0 Å². The van der Waals surface area contributed by atoms with Crippen LogP contribution in [0, 0.1) is 0 Å². The molecular weight excluding hydrogens is 203 g/mol. The third-order valence-electron chi connectivity index (χ3n) is 1.11. The summed E-state index contributed by atoms with van der Waals surface area (Å²) >= 11 is 2.10. The lowest BCUT2D eigenvalue weighted by atomic mass is 9.93. The maximum absolute atomic E-state index is 10.4. The Morgan fingerprint density at radius 2 is 2.29 bits per heavy atom. The van der Waals surface area contributed by atoms with Crippen LogP contribution in [-0.4, -0.2) is 5.78 Å². The zero-order valence-electron chi connectivity index (χ0n) is 3.78. The van der Waals surface area contributed by atoms with Gasteiger partial charge in [0, 0.05) is 12.0 Å². The number of carbonyl (C=O) groups excluding carboxylic acids is 1. The van der Waals surface area contributed by atoms with Crippen molar-refractivity contribution < 1.29 is 4.79 Å². The first-order valence-corrected chi connectivity index (χ1v) is 3.41. The minimum absolute atomic E-state index is 0.328. The number of halogens is 1. The summed E-state index contributed by atoms with van der Waals surface area (Å²) in [6, 6.07) is 0. The lowest BCUT2D eigenvalue weighted by Crippen LogP contribution is -2.12. The molecule has 7 heavy (non-hydrogen) atoms. The zero-order valence-corrected chi connectivity index (χ0v) is 5.94. The number of allylic oxidation sites excluding steroid dienone is 1. The molecule has 1 rings (SSSR count). The summed E-state index contributed by atoms with van der Waals surface area (Å²) in [6.07, 6.45) is 1.77. The van der Waals surface area contributed by atoms with Crippen LogP contribution in [0.3, 0.4) is 0 Å². The number of hydrogen-bond acceptors (Lipinski definition) is 1. The largest absolute Gasteiger partial charge is 0.295 e. The summed E-state index contributed by atoms with van der Waals surface area (Å²) in [5.74, 6) is 0.328. The Morgan fingerprint density at radius 3 is 2.29 bits per heavy atom. The fourth-order valence-corrected chi connectivity index (χ4v) is 1.15. The molecule has 0 spiro atoms. The van der Waals surface area contributed by atoms with E-state index < -0.39 is 0 Å². The van der Waals surface area contributed by atoms with Crippen molar-refractivity contribution in [3.8, 4) is 0 Å². The molecule has 0 amide bonds. The zero-order chi connectivity index (χ0) is 5.28. The van der Waals surface area contributed by atoms with Gasteiger partial charge in [0.15, 0.2) is 5.78 Å². The van der Waals surface area contributed by atoms with Crippen LogP contribution in [0.5, 0.6) is 0 Å². The van der Waals surface area contributed by atoms with Gasteiger partial charge in [0.2, 0.25) is 0 Å². The molecule has 0 heterocycles. The maximum atomic E-state index is 10.4. The van der Waals surface area contributed by atoms with Crippen molar-refractivity contribution in [1.29, 1.82) is 0 Å². The number of carbonyl (C=O) groups is 1. The van der Waals surface area contributed by atoms with E-state index in [-0.39, 0.29) is 0 Å². The van der Waals surface area contributed by atoms with E-state index in [2.05, 4.69) is 22.6 Å². The second-order valence-corrected chi connectivity index (χ2v) is 2.18. The van der Waals surface area contributed by atoms with Gasteiger partial charge in [-0.1, -0.05) is 22.6 Å². The standard InChI is InChI=1S/C5H5IO/c6-3-4-1-2-5(4)7/h3H,1-2H2/b4-3-. The molecule has 0 aromatic rings. The van der Waals surface area contributed by atoms with E-state index in [1.165, 1.54) is 0 Å². The van der Waals surface area contributed by atoms with Gasteiger partial charge < -0.3 is 0 Å². The normalized spacial score (nSPS) is 25.3. The fourth-order valence-electron chi connectivity index (χ4n) is 0.487. The molecule has 0 atom stereocenters. The van der Waals surface area contributed by atoms with Crippen LogP contribution in [0.1, 0.15) is 12.8 Å². The molecule has 0 aromatic heterocycles. The first kappa shape index (κ1) is 5.28. The molecule has 38 valence electrons. The summed E-state index contributed by atoms with van der Waals surface area (Å²) in [4.78, 5) is 10.4. The van der Waals surface area contributed by atoms with Crippen LogP contribution in [-0.2, 0) is 4.79 Å². The van der Waals surface area contributed by atoms with Crippen LogP contribution in [0.4, 0.5) is 0 Å². The highest BCUT2D eigenvalue weighted by molar-refractivity contribution is 14.1. The summed E-state index contributed by atoms with van der Waals surface area (Å²) in [6.45, 7) is 0. The molecule has 0 bridgehead atoms. The minimum Gasteiger partial charge on any atom is -0.295 e. The van der Waals surface area contributed by atoms with Crippen LogP contribution >= 0.6 is 22.6 Å². The molecule has 1 aliphatic rings. The van der Waals surface area contributed by atoms with E-state index in [1.807, 2.05) is 4.08 Å². The van der Waals surface area contributed by atoms with Gasteiger partial charge in [-0.15, -0.1) is 0 Å². The van der Waals surface area contributed by atoms with E-state index >= 15 is 0 Å². The first-order valence-electron chi connectivity index (χ1n) is 2.17. The average Bonchev–Trinajstić information content (AvgIpc) is 1.65. The Hall–Kier alpha value is 0.140. The van der Waals surface area contributed by atoms with Gasteiger partial charge in [-0.2, -0.15) is 0 Å². The highest BCUT2D eigenvalue weighted by Gasteiger charge is 2.18. The van der Waals surface area contributed by atoms with Gasteiger partial charge in [-0.05, 0) is 10.5 Å². The summed E-state index contributed by atoms with van der Waals surface area (Å²) < 4.78 is 1.86. The SMILES string of the molecule is O=C1CC/C1=C/I. The van der Waals surface area contributed by atoms with Crippen LogP contribution in [0.25, 0.3) is 0 Å². The molecule has 0 radical (unpaired) electrons. The first-order chi connectivity index (χ1) is 3.34. The van der Waals surface area contributed by atoms with Crippen molar-refractivity contribution >= 4 is 28.4 Å². The quantitative estimate of drug-likeness (QED) is 0.437. The van der Waals surface area contributed by atoms with Gasteiger partial charge in [-0.25, -0.2) is 0 Å². The van der Waals surface area contributed by atoms with Crippen molar-refractivity contribution in [3.05, 3.63) is 9.66 Å². The monoisotopic (exact) mass is 208 g/mol. The van der Waals surface area contributed by atoms with Gasteiger partial charge >= 0.3 is 0 Å². The van der Waals surface area contributed by atoms with Gasteiger partial charge in [0.1, 0.15) is 0 Å². The third-order valence-corrected chi connectivity index (χ3v) is 1.86. The van der Waals surface area contributed by atoms with Crippen LogP contribution in [0.15, 0.2) is 9.66 Å². The van der Waals surface area contributed by atoms with E-state index in [0.29, 0.717) is 5.78 Å². The predicted octanol–water partition coefficient (Wildman–Crippen LogP) is 1.67. The smallest absolute Gasteiger partial charge is 0.159 e.